The van der Waals surface area contributed by atoms with Crippen LogP contribution in [0.2, 0.25) is 0 Å². The molecule has 6 nitrogen and oxygen atoms in total. The highest BCUT2D eigenvalue weighted by molar-refractivity contribution is 5.85. The van der Waals surface area contributed by atoms with Gasteiger partial charge in [0, 0.05) is 5.69 Å². The molecule has 3 rings (SSSR count). The quantitative estimate of drug-likeness (QED) is 0.652. The second-order valence-electron chi connectivity index (χ2n) is 4.53. The Bertz CT molecular complexity index is 726. The SMILES string of the molecule is Cc1cc(C)cc(Nc2nc(N)nc3nc[nH]c23)c1. The van der Waals surface area contributed by atoms with Crippen molar-refractivity contribution in [2.45, 2.75) is 13.8 Å². The Balaban J connectivity index is 2.07. The summed E-state index contributed by atoms with van der Waals surface area (Å²) < 4.78 is 0. The van der Waals surface area contributed by atoms with Crippen molar-refractivity contribution in [3.63, 3.8) is 0 Å². The second kappa shape index (κ2) is 4.24. The first-order chi connectivity index (χ1) is 9.11. The number of H-pyrrole nitrogens is 1. The highest BCUT2D eigenvalue weighted by Gasteiger charge is 2.08. The lowest BCUT2D eigenvalue weighted by Gasteiger charge is -2.08. The number of anilines is 3. The molecule has 0 unspecified atom stereocenters. The molecule has 19 heavy (non-hydrogen) atoms. The van der Waals surface area contributed by atoms with Crippen LogP contribution in [0.5, 0.6) is 0 Å². The normalized spacial score (nSPS) is 10.8. The molecule has 6 heteroatoms. The van der Waals surface area contributed by atoms with Crippen molar-refractivity contribution >= 4 is 28.6 Å². The first-order valence-corrected chi connectivity index (χ1v) is 5.94. The van der Waals surface area contributed by atoms with E-state index >= 15 is 0 Å². The van der Waals surface area contributed by atoms with Crippen LogP contribution in [-0.2, 0) is 0 Å². The minimum absolute atomic E-state index is 0.200. The van der Waals surface area contributed by atoms with Crippen LogP contribution in [0.1, 0.15) is 11.1 Å². The van der Waals surface area contributed by atoms with Crippen LogP contribution in [0.3, 0.4) is 0 Å². The van der Waals surface area contributed by atoms with Crippen molar-refractivity contribution in [3.8, 4) is 0 Å². The maximum Gasteiger partial charge on any atom is 0.224 e. The fraction of sp³-hybridized carbons (Fsp3) is 0.154. The Labute approximate surface area is 110 Å². The van der Waals surface area contributed by atoms with Crippen LogP contribution < -0.4 is 11.1 Å². The van der Waals surface area contributed by atoms with Crippen molar-refractivity contribution in [1.29, 1.82) is 0 Å². The summed E-state index contributed by atoms with van der Waals surface area (Å²) in [5, 5.41) is 3.25. The topological polar surface area (TPSA) is 92.5 Å². The minimum atomic E-state index is 0.200. The Kier molecular flexibility index (Phi) is 2.56. The molecule has 2 aromatic heterocycles. The number of rotatable bonds is 2. The summed E-state index contributed by atoms with van der Waals surface area (Å²) in [7, 11) is 0. The van der Waals surface area contributed by atoms with Crippen LogP contribution in [0.4, 0.5) is 17.5 Å². The molecule has 0 amide bonds. The van der Waals surface area contributed by atoms with Gasteiger partial charge >= 0.3 is 0 Å². The van der Waals surface area contributed by atoms with Gasteiger partial charge in [0.2, 0.25) is 5.95 Å². The van der Waals surface area contributed by atoms with Crippen molar-refractivity contribution in [2.24, 2.45) is 0 Å². The van der Waals surface area contributed by atoms with Gasteiger partial charge in [-0.1, -0.05) is 6.07 Å². The molecule has 4 N–H and O–H groups in total. The average Bonchev–Trinajstić information content (AvgIpc) is 2.75. The van der Waals surface area contributed by atoms with E-state index in [9.17, 15) is 0 Å². The number of fused-ring (bicyclic) bond motifs is 1. The molecule has 0 aliphatic heterocycles. The van der Waals surface area contributed by atoms with Gasteiger partial charge in [-0.2, -0.15) is 9.97 Å². The maximum absolute atomic E-state index is 5.68. The highest BCUT2D eigenvalue weighted by atomic mass is 15.1. The van der Waals surface area contributed by atoms with E-state index in [1.54, 1.807) is 6.33 Å². The summed E-state index contributed by atoms with van der Waals surface area (Å²) in [5.74, 6) is 0.830. The average molecular weight is 254 g/mol. The van der Waals surface area contributed by atoms with E-state index in [4.69, 9.17) is 5.73 Å². The fourth-order valence-corrected chi connectivity index (χ4v) is 2.12. The highest BCUT2D eigenvalue weighted by Crippen LogP contribution is 2.23. The summed E-state index contributed by atoms with van der Waals surface area (Å²) in [6.45, 7) is 4.11. The van der Waals surface area contributed by atoms with Crippen LogP contribution in [0.25, 0.3) is 11.2 Å². The summed E-state index contributed by atoms with van der Waals surface area (Å²) in [6.07, 6.45) is 1.57. The Morgan fingerprint density at radius 2 is 1.84 bits per heavy atom. The fourth-order valence-electron chi connectivity index (χ4n) is 2.12. The number of nitrogens with two attached hydrogens (primary N) is 1. The molecule has 3 aromatic rings. The molecule has 0 bridgehead atoms. The van der Waals surface area contributed by atoms with E-state index in [0.717, 1.165) is 11.2 Å². The van der Waals surface area contributed by atoms with Crippen LogP contribution >= 0.6 is 0 Å². The van der Waals surface area contributed by atoms with E-state index in [-0.39, 0.29) is 5.95 Å². The summed E-state index contributed by atoms with van der Waals surface area (Å²) in [4.78, 5) is 15.4. The van der Waals surface area contributed by atoms with Crippen molar-refractivity contribution in [3.05, 3.63) is 35.7 Å². The second-order valence-corrected chi connectivity index (χ2v) is 4.53. The number of nitrogen functional groups attached to an aromatic ring is 1. The molecule has 0 saturated heterocycles. The Morgan fingerprint density at radius 3 is 2.58 bits per heavy atom. The lowest BCUT2D eigenvalue weighted by molar-refractivity contribution is 1.21. The van der Waals surface area contributed by atoms with Crippen molar-refractivity contribution < 1.29 is 0 Å². The predicted molar refractivity (Wildman–Crippen MR) is 75.3 cm³/mol. The number of nitrogens with one attached hydrogen (secondary N) is 2. The third-order valence-corrected chi connectivity index (χ3v) is 2.79. The smallest absolute Gasteiger partial charge is 0.224 e. The standard InChI is InChI=1S/C13H14N6/c1-7-3-8(2)5-9(4-7)17-12-10-11(16-6-15-10)18-13(14)19-12/h3-6H,1-2H3,(H4,14,15,16,17,18,19). The molecule has 1 aromatic carbocycles. The molecule has 0 saturated carbocycles. The van der Waals surface area contributed by atoms with E-state index in [0.29, 0.717) is 11.5 Å². The van der Waals surface area contributed by atoms with E-state index in [1.807, 2.05) is 12.1 Å². The molecule has 0 spiro atoms. The molecule has 2 heterocycles. The van der Waals surface area contributed by atoms with Gasteiger partial charge < -0.3 is 16.0 Å². The van der Waals surface area contributed by atoms with Crippen LogP contribution in [-0.4, -0.2) is 19.9 Å². The number of hydrogen-bond donors (Lipinski definition) is 3. The Hall–Kier alpha value is -2.63. The van der Waals surface area contributed by atoms with Crippen molar-refractivity contribution in [2.75, 3.05) is 11.1 Å². The van der Waals surface area contributed by atoms with E-state index in [1.165, 1.54) is 11.1 Å². The molecule has 96 valence electrons. The number of benzene rings is 1. The zero-order valence-electron chi connectivity index (χ0n) is 10.7. The first kappa shape index (κ1) is 11.5. The number of nitrogens with zero attached hydrogens (tertiary/aromatic N) is 3. The van der Waals surface area contributed by atoms with Crippen molar-refractivity contribution in [1.82, 2.24) is 19.9 Å². The number of aromatic amines is 1. The van der Waals surface area contributed by atoms with Gasteiger partial charge in [0.1, 0.15) is 5.52 Å². The molecule has 0 radical (unpaired) electrons. The van der Waals surface area contributed by atoms with Gasteiger partial charge in [0.05, 0.1) is 6.33 Å². The van der Waals surface area contributed by atoms with Gasteiger partial charge in [0.15, 0.2) is 11.5 Å². The van der Waals surface area contributed by atoms with Crippen LogP contribution in [0, 0.1) is 13.8 Å². The van der Waals surface area contributed by atoms with Gasteiger partial charge in [-0.3, -0.25) is 0 Å². The zero-order chi connectivity index (χ0) is 13.4. The lowest BCUT2D eigenvalue weighted by Crippen LogP contribution is -2.01. The van der Waals surface area contributed by atoms with Gasteiger partial charge in [-0.05, 0) is 37.1 Å². The van der Waals surface area contributed by atoms with Gasteiger partial charge in [-0.15, -0.1) is 0 Å². The Morgan fingerprint density at radius 1 is 1.11 bits per heavy atom. The first-order valence-electron chi connectivity index (χ1n) is 5.94. The maximum atomic E-state index is 5.68. The number of imidazole rings is 1. The largest absolute Gasteiger partial charge is 0.368 e. The molecule has 0 fully saturated rings. The zero-order valence-corrected chi connectivity index (χ0v) is 10.7. The molecule has 0 aliphatic carbocycles. The number of aromatic nitrogens is 4. The third kappa shape index (κ3) is 2.20. The van der Waals surface area contributed by atoms with E-state index < -0.39 is 0 Å². The predicted octanol–water partition coefficient (Wildman–Crippen LogP) is 2.30. The summed E-state index contributed by atoms with van der Waals surface area (Å²) in [5.41, 5.74) is 10.3. The third-order valence-electron chi connectivity index (χ3n) is 2.79. The number of hydrogen-bond acceptors (Lipinski definition) is 5. The van der Waals surface area contributed by atoms with E-state index in [2.05, 4.69) is 45.2 Å². The molecular formula is C13H14N6. The van der Waals surface area contributed by atoms with Gasteiger partial charge in [-0.25, -0.2) is 4.98 Å². The lowest BCUT2D eigenvalue weighted by atomic mass is 10.1. The minimum Gasteiger partial charge on any atom is -0.368 e. The van der Waals surface area contributed by atoms with Gasteiger partial charge in [0.25, 0.3) is 0 Å². The number of aryl methyl sites for hydroxylation is 2. The summed E-state index contributed by atoms with van der Waals surface area (Å²) >= 11 is 0. The van der Waals surface area contributed by atoms with Crippen LogP contribution in [0.15, 0.2) is 24.5 Å². The summed E-state index contributed by atoms with van der Waals surface area (Å²) in [6, 6.07) is 6.21. The monoisotopic (exact) mass is 254 g/mol. The molecular weight excluding hydrogens is 240 g/mol. The molecule has 0 atom stereocenters. The molecule has 0 aliphatic rings.